The highest BCUT2D eigenvalue weighted by atomic mass is 16.6. The molecule has 0 radical (unpaired) electrons. The number of carbonyl (C=O) groups is 7. The van der Waals surface area contributed by atoms with Crippen LogP contribution in [0.5, 0.6) is 0 Å². The molecular weight excluding hydrogens is 937 g/mol. The van der Waals surface area contributed by atoms with Gasteiger partial charge in [0.1, 0.15) is 75.2 Å². The fourth-order valence-electron chi connectivity index (χ4n) is 6.75. The van der Waals surface area contributed by atoms with Crippen LogP contribution in [0, 0.1) is 0 Å². The molecule has 0 fully saturated rings. The van der Waals surface area contributed by atoms with Gasteiger partial charge in [-0.05, 0) is 38.8 Å². The van der Waals surface area contributed by atoms with Crippen LogP contribution in [-0.4, -0.2) is 155 Å². The summed E-state index contributed by atoms with van der Waals surface area (Å²) in [5.74, 6) is -3.01. The highest BCUT2D eigenvalue weighted by molar-refractivity contribution is 5.89. The van der Waals surface area contributed by atoms with Gasteiger partial charge in [-0.1, -0.05) is 60.7 Å². The first-order valence-corrected chi connectivity index (χ1v) is 22.8. The molecule has 0 bridgehead atoms. The standard InChI is InChI=1S/C47H56N14O11/c1-5-69-39(67)25-59(36(64)24-61-31-57-41-43(53-29-55-45(41)61)51-21-38(66)71-27-33-14-10-7-11-15-33)18-16-48-34(62)22-58(19-17-49-46(68)72-47(2,3)4)35(63)23-60-30-56-40-42(52-28-54-44(40)60)50-20-37(65)70-26-32-12-8-6-9-13-32/h6-15,28-31H,5,16-27H2,1-4H3,(H,48,62)(H,49,68)(H,50,52,54)(H,51,53,55). The number of nitrogens with one attached hydrogen (secondary N) is 4. The second-order valence-corrected chi connectivity index (χ2v) is 16.7. The molecule has 2 aromatic carbocycles. The zero-order valence-electron chi connectivity index (χ0n) is 40.2. The largest absolute Gasteiger partial charge is 0.465 e. The van der Waals surface area contributed by atoms with Crippen molar-refractivity contribution in [3.8, 4) is 0 Å². The lowest BCUT2D eigenvalue weighted by Crippen LogP contribution is -2.47. The van der Waals surface area contributed by atoms with Crippen LogP contribution in [0.15, 0.2) is 86.0 Å². The summed E-state index contributed by atoms with van der Waals surface area (Å²) in [6, 6.07) is 18.4. The molecule has 4 aromatic heterocycles. The van der Waals surface area contributed by atoms with Gasteiger partial charge >= 0.3 is 24.0 Å². The number of anilines is 2. The van der Waals surface area contributed by atoms with Crippen molar-refractivity contribution in [2.75, 3.05) is 69.6 Å². The zero-order chi connectivity index (χ0) is 51.5. The Bertz CT molecular complexity index is 2820. The summed E-state index contributed by atoms with van der Waals surface area (Å²) in [5, 5.41) is 11.1. The average Bonchev–Trinajstić information content (AvgIpc) is 3.97. The first-order chi connectivity index (χ1) is 34.6. The highest BCUT2D eigenvalue weighted by Gasteiger charge is 2.24. The Morgan fingerprint density at radius 1 is 0.583 bits per heavy atom. The van der Waals surface area contributed by atoms with E-state index in [1.807, 2.05) is 60.7 Å². The second kappa shape index (κ2) is 25.7. The molecule has 0 aliphatic carbocycles. The third-order valence-corrected chi connectivity index (χ3v) is 10.1. The molecule has 0 aliphatic heterocycles. The van der Waals surface area contributed by atoms with Crippen LogP contribution in [0.4, 0.5) is 16.4 Å². The van der Waals surface area contributed by atoms with E-state index in [2.05, 4.69) is 51.2 Å². The molecule has 25 nitrogen and oxygen atoms in total. The first-order valence-electron chi connectivity index (χ1n) is 22.8. The third-order valence-electron chi connectivity index (χ3n) is 10.1. The van der Waals surface area contributed by atoms with Crippen molar-refractivity contribution in [2.24, 2.45) is 0 Å². The molecule has 0 spiro atoms. The fraction of sp³-hybridized carbons (Fsp3) is 0.383. The maximum absolute atomic E-state index is 13.9. The van der Waals surface area contributed by atoms with Gasteiger partial charge < -0.3 is 59.1 Å². The number of fused-ring (bicyclic) bond motifs is 2. The van der Waals surface area contributed by atoms with Gasteiger partial charge in [-0.2, -0.15) is 0 Å². The van der Waals surface area contributed by atoms with Crippen molar-refractivity contribution >= 4 is 75.7 Å². The lowest BCUT2D eigenvalue weighted by atomic mass is 10.2. The van der Waals surface area contributed by atoms with Crippen molar-refractivity contribution < 1.29 is 52.5 Å². The normalized spacial score (nSPS) is 11.1. The molecule has 72 heavy (non-hydrogen) atoms. The number of carbonyl (C=O) groups excluding carboxylic acids is 7. The summed E-state index contributed by atoms with van der Waals surface area (Å²) in [7, 11) is 0. The molecule has 380 valence electrons. The molecule has 4 amide bonds. The number of aromatic nitrogens is 8. The van der Waals surface area contributed by atoms with Crippen LogP contribution in [0.25, 0.3) is 22.3 Å². The van der Waals surface area contributed by atoms with Gasteiger partial charge in [0, 0.05) is 26.2 Å². The van der Waals surface area contributed by atoms with E-state index >= 15 is 0 Å². The number of hydrogen-bond donors (Lipinski definition) is 4. The molecule has 6 rings (SSSR count). The van der Waals surface area contributed by atoms with Crippen LogP contribution in [0.2, 0.25) is 0 Å². The van der Waals surface area contributed by atoms with E-state index in [0.29, 0.717) is 0 Å². The Kier molecular flexibility index (Phi) is 18.8. The van der Waals surface area contributed by atoms with E-state index in [0.717, 1.165) is 11.1 Å². The molecule has 0 unspecified atom stereocenters. The summed E-state index contributed by atoms with van der Waals surface area (Å²) in [4.78, 5) is 119. The smallest absolute Gasteiger partial charge is 0.407 e. The summed E-state index contributed by atoms with van der Waals surface area (Å²) in [5.41, 5.74) is 1.93. The lowest BCUT2D eigenvalue weighted by Gasteiger charge is -2.25. The van der Waals surface area contributed by atoms with E-state index in [1.165, 1.54) is 44.2 Å². The summed E-state index contributed by atoms with van der Waals surface area (Å²) >= 11 is 0. The maximum atomic E-state index is 13.9. The number of benzene rings is 2. The Hall–Kier alpha value is -8.77. The molecule has 4 heterocycles. The number of ether oxygens (including phenoxy) is 4. The van der Waals surface area contributed by atoms with Gasteiger partial charge in [0.15, 0.2) is 22.9 Å². The average molecular weight is 993 g/mol. The van der Waals surface area contributed by atoms with Gasteiger partial charge in [0.25, 0.3) is 0 Å². The van der Waals surface area contributed by atoms with Crippen LogP contribution in [0.1, 0.15) is 38.8 Å². The van der Waals surface area contributed by atoms with Crippen molar-refractivity contribution in [3.63, 3.8) is 0 Å². The van der Waals surface area contributed by atoms with Gasteiger partial charge in [0.05, 0.1) is 25.8 Å². The van der Waals surface area contributed by atoms with E-state index in [9.17, 15) is 33.6 Å². The lowest BCUT2D eigenvalue weighted by molar-refractivity contribution is -0.149. The minimum Gasteiger partial charge on any atom is -0.465 e. The quantitative estimate of drug-likeness (QED) is 0.0470. The Labute approximate surface area is 413 Å². The molecule has 25 heteroatoms. The van der Waals surface area contributed by atoms with Crippen LogP contribution < -0.4 is 21.3 Å². The third kappa shape index (κ3) is 16.2. The van der Waals surface area contributed by atoms with E-state index in [4.69, 9.17) is 18.9 Å². The second-order valence-electron chi connectivity index (χ2n) is 16.7. The van der Waals surface area contributed by atoms with Crippen LogP contribution in [-0.2, 0) is 74.0 Å². The number of amides is 4. The van der Waals surface area contributed by atoms with E-state index < -0.39 is 60.4 Å². The highest BCUT2D eigenvalue weighted by Crippen LogP contribution is 2.19. The summed E-state index contributed by atoms with van der Waals surface area (Å²) in [6.45, 7) is 4.50. The number of nitrogens with zero attached hydrogens (tertiary/aromatic N) is 10. The van der Waals surface area contributed by atoms with Crippen molar-refractivity contribution in [2.45, 2.75) is 59.6 Å². The summed E-state index contributed by atoms with van der Waals surface area (Å²) < 4.78 is 24.0. The number of rotatable bonds is 25. The van der Waals surface area contributed by atoms with Gasteiger partial charge in [0.2, 0.25) is 17.7 Å². The molecule has 6 aromatic rings. The van der Waals surface area contributed by atoms with Gasteiger partial charge in [-0.25, -0.2) is 34.7 Å². The minimum atomic E-state index is -0.786. The minimum absolute atomic E-state index is 0.0643. The monoisotopic (exact) mass is 992 g/mol. The van der Waals surface area contributed by atoms with Crippen molar-refractivity contribution in [1.29, 1.82) is 0 Å². The molecule has 0 saturated heterocycles. The van der Waals surface area contributed by atoms with E-state index in [-0.39, 0.29) is 106 Å². The number of alkyl carbamates (subject to hydrolysis) is 1. The fourth-order valence-corrected chi connectivity index (χ4v) is 6.75. The van der Waals surface area contributed by atoms with Gasteiger partial charge in [-0.15, -0.1) is 0 Å². The summed E-state index contributed by atoms with van der Waals surface area (Å²) in [6.07, 6.45) is 4.49. The van der Waals surface area contributed by atoms with Crippen molar-refractivity contribution in [1.82, 2.24) is 59.5 Å². The van der Waals surface area contributed by atoms with E-state index in [1.54, 1.807) is 27.7 Å². The zero-order valence-corrected chi connectivity index (χ0v) is 40.2. The first kappa shape index (κ1) is 52.6. The van der Waals surface area contributed by atoms with Gasteiger partial charge in [-0.3, -0.25) is 28.8 Å². The number of imidazole rings is 2. The molecule has 4 N–H and O–H groups in total. The topological polar surface area (TPSA) is 298 Å². The molecular formula is C47H56N14O11. The predicted octanol–water partition coefficient (Wildman–Crippen LogP) is 1.84. The Morgan fingerprint density at radius 2 is 1.06 bits per heavy atom. The number of esters is 3. The van der Waals surface area contributed by atoms with Crippen LogP contribution >= 0.6 is 0 Å². The molecule has 0 atom stereocenters. The predicted molar refractivity (Wildman–Crippen MR) is 257 cm³/mol. The SMILES string of the molecule is CCOC(=O)CN(CCNC(=O)CN(CCNC(=O)OC(C)(C)C)C(=O)Cn1cnc2c(NCC(=O)OCc3ccccc3)ncnc21)C(=O)Cn1cnc2c(NCC(=O)OCc3ccccc3)ncnc21. The van der Waals surface area contributed by atoms with Crippen LogP contribution in [0.3, 0.4) is 0 Å². The Morgan fingerprint density at radius 3 is 1.53 bits per heavy atom. The Balaban J connectivity index is 1.06. The maximum Gasteiger partial charge on any atom is 0.407 e. The molecule has 0 saturated carbocycles. The molecule has 0 aliphatic rings. The van der Waals surface area contributed by atoms with Crippen molar-refractivity contribution in [3.05, 3.63) is 97.1 Å². The number of hydrogen-bond acceptors (Lipinski definition) is 19.